The van der Waals surface area contributed by atoms with Crippen molar-refractivity contribution in [3.63, 3.8) is 0 Å². The Morgan fingerprint density at radius 2 is 1.88 bits per heavy atom. The Morgan fingerprint density at radius 1 is 1.29 bits per heavy atom. The number of hydrogen-bond donors (Lipinski definition) is 0. The number of rotatable bonds is 2. The van der Waals surface area contributed by atoms with Crippen LogP contribution in [0.25, 0.3) is 0 Å². The summed E-state index contributed by atoms with van der Waals surface area (Å²) in [5.74, 6) is 0.949. The second-order valence-electron chi connectivity index (χ2n) is 6.58. The van der Waals surface area contributed by atoms with Crippen molar-refractivity contribution in [3.8, 4) is 0 Å². The summed E-state index contributed by atoms with van der Waals surface area (Å²) in [4.78, 5) is 11.5. The first-order chi connectivity index (χ1) is 7.71. The van der Waals surface area contributed by atoms with Gasteiger partial charge in [0.2, 0.25) is 0 Å². The van der Waals surface area contributed by atoms with Crippen molar-refractivity contribution >= 4 is 5.97 Å². The Labute approximate surface area is 105 Å². The lowest BCUT2D eigenvalue weighted by Crippen LogP contribution is -2.36. The molecule has 0 aliphatic heterocycles. The molecule has 0 amide bonds. The highest BCUT2D eigenvalue weighted by atomic mass is 16.5. The molecule has 0 spiro atoms. The van der Waals surface area contributed by atoms with Gasteiger partial charge < -0.3 is 4.74 Å². The molecule has 1 rings (SSSR count). The normalized spacial score (nSPS) is 29.8. The van der Waals surface area contributed by atoms with E-state index in [1.54, 1.807) is 6.92 Å². The van der Waals surface area contributed by atoms with Crippen LogP contribution >= 0.6 is 0 Å². The van der Waals surface area contributed by atoms with Crippen LogP contribution in [0.2, 0.25) is 0 Å². The van der Waals surface area contributed by atoms with Gasteiger partial charge in [-0.2, -0.15) is 0 Å². The van der Waals surface area contributed by atoms with Gasteiger partial charge in [0.25, 0.3) is 0 Å². The van der Waals surface area contributed by atoms with E-state index in [9.17, 15) is 4.79 Å². The molecule has 1 fully saturated rings. The molecule has 3 unspecified atom stereocenters. The molecule has 0 saturated heterocycles. The number of hydrogen-bond acceptors (Lipinski definition) is 2. The fourth-order valence-corrected chi connectivity index (χ4v) is 2.57. The molecule has 1 aliphatic carbocycles. The molecular weight excluding hydrogens is 212 g/mol. The maximum atomic E-state index is 11.5. The Hall–Kier alpha value is -0.790. The SMILES string of the molecule is C=C(C)C(=O)OC1CCC(C(C)(C)C)CC1C. The Bertz CT molecular complexity index is 299. The molecule has 0 heterocycles. The third-order valence-electron chi connectivity index (χ3n) is 3.92. The van der Waals surface area contributed by atoms with Crippen LogP contribution in [0.5, 0.6) is 0 Å². The van der Waals surface area contributed by atoms with Gasteiger partial charge in [-0.05, 0) is 43.4 Å². The molecular formula is C15H26O2. The van der Waals surface area contributed by atoms with Crippen LogP contribution in [-0.4, -0.2) is 12.1 Å². The minimum Gasteiger partial charge on any atom is -0.459 e. The predicted molar refractivity (Wildman–Crippen MR) is 70.7 cm³/mol. The van der Waals surface area contributed by atoms with Gasteiger partial charge in [0.1, 0.15) is 6.10 Å². The molecule has 1 aliphatic rings. The third kappa shape index (κ3) is 3.86. The largest absolute Gasteiger partial charge is 0.459 e. The average Bonchev–Trinajstić information content (AvgIpc) is 2.19. The molecule has 0 aromatic heterocycles. The van der Waals surface area contributed by atoms with E-state index in [-0.39, 0.29) is 12.1 Å². The summed E-state index contributed by atoms with van der Waals surface area (Å²) >= 11 is 0. The topological polar surface area (TPSA) is 26.3 Å². The number of carbonyl (C=O) groups is 1. The van der Waals surface area contributed by atoms with Crippen LogP contribution < -0.4 is 0 Å². The quantitative estimate of drug-likeness (QED) is 0.537. The minimum atomic E-state index is -0.240. The van der Waals surface area contributed by atoms with Gasteiger partial charge in [-0.3, -0.25) is 0 Å². The van der Waals surface area contributed by atoms with Gasteiger partial charge >= 0.3 is 5.97 Å². The molecule has 3 atom stereocenters. The fraction of sp³-hybridized carbons (Fsp3) is 0.800. The number of esters is 1. The van der Waals surface area contributed by atoms with E-state index >= 15 is 0 Å². The van der Waals surface area contributed by atoms with Gasteiger partial charge in [-0.25, -0.2) is 4.79 Å². The van der Waals surface area contributed by atoms with E-state index in [4.69, 9.17) is 4.74 Å². The van der Waals surface area contributed by atoms with E-state index in [2.05, 4.69) is 34.3 Å². The summed E-state index contributed by atoms with van der Waals surface area (Å²) in [6, 6.07) is 0. The molecule has 0 radical (unpaired) electrons. The van der Waals surface area contributed by atoms with Gasteiger partial charge in [-0.15, -0.1) is 0 Å². The van der Waals surface area contributed by atoms with E-state index in [1.807, 2.05) is 0 Å². The van der Waals surface area contributed by atoms with Gasteiger partial charge in [-0.1, -0.05) is 34.3 Å². The van der Waals surface area contributed by atoms with Crippen LogP contribution in [0.15, 0.2) is 12.2 Å². The molecule has 2 nitrogen and oxygen atoms in total. The van der Waals surface area contributed by atoms with Gasteiger partial charge in [0, 0.05) is 5.57 Å². The number of carbonyl (C=O) groups excluding carboxylic acids is 1. The zero-order chi connectivity index (χ0) is 13.2. The Kier molecular flexibility index (Phi) is 4.40. The molecule has 98 valence electrons. The van der Waals surface area contributed by atoms with Crippen molar-refractivity contribution in [3.05, 3.63) is 12.2 Å². The molecule has 0 N–H and O–H groups in total. The van der Waals surface area contributed by atoms with Crippen molar-refractivity contribution in [2.45, 2.75) is 60.0 Å². The Morgan fingerprint density at radius 3 is 2.29 bits per heavy atom. The zero-order valence-electron chi connectivity index (χ0n) is 11.9. The monoisotopic (exact) mass is 238 g/mol. The standard InChI is InChI=1S/C15H26O2/c1-10(2)14(16)17-13-8-7-12(9-11(13)3)15(4,5)6/h11-13H,1,7-9H2,2-6H3. The summed E-state index contributed by atoms with van der Waals surface area (Å²) in [7, 11) is 0. The van der Waals surface area contributed by atoms with Crippen LogP contribution in [-0.2, 0) is 9.53 Å². The predicted octanol–water partition coefficient (Wildman–Crippen LogP) is 3.96. The molecule has 0 bridgehead atoms. The van der Waals surface area contributed by atoms with Crippen molar-refractivity contribution < 1.29 is 9.53 Å². The van der Waals surface area contributed by atoms with Crippen LogP contribution in [0.1, 0.15) is 53.9 Å². The summed E-state index contributed by atoms with van der Waals surface area (Å²) in [5, 5.41) is 0. The van der Waals surface area contributed by atoms with E-state index < -0.39 is 0 Å². The van der Waals surface area contributed by atoms with Gasteiger partial charge in [0.05, 0.1) is 0 Å². The first-order valence-corrected chi connectivity index (χ1v) is 6.58. The summed E-state index contributed by atoms with van der Waals surface area (Å²) in [6.07, 6.45) is 3.37. The molecule has 2 heteroatoms. The van der Waals surface area contributed by atoms with E-state index in [0.29, 0.717) is 16.9 Å². The molecule has 17 heavy (non-hydrogen) atoms. The van der Waals surface area contributed by atoms with Crippen LogP contribution in [0.4, 0.5) is 0 Å². The van der Waals surface area contributed by atoms with Crippen LogP contribution in [0.3, 0.4) is 0 Å². The summed E-state index contributed by atoms with van der Waals surface area (Å²) < 4.78 is 5.49. The van der Waals surface area contributed by atoms with Crippen LogP contribution in [0, 0.1) is 17.3 Å². The van der Waals surface area contributed by atoms with Crippen molar-refractivity contribution in [2.24, 2.45) is 17.3 Å². The maximum Gasteiger partial charge on any atom is 0.333 e. The average molecular weight is 238 g/mol. The lowest BCUT2D eigenvalue weighted by atomic mass is 9.68. The van der Waals surface area contributed by atoms with Crippen molar-refractivity contribution in [2.75, 3.05) is 0 Å². The zero-order valence-corrected chi connectivity index (χ0v) is 11.9. The second kappa shape index (κ2) is 5.24. The fourth-order valence-electron chi connectivity index (χ4n) is 2.57. The number of ether oxygens (including phenoxy) is 1. The first-order valence-electron chi connectivity index (χ1n) is 6.58. The summed E-state index contributed by atoms with van der Waals surface area (Å²) in [5.41, 5.74) is 0.854. The minimum absolute atomic E-state index is 0.0813. The highest BCUT2D eigenvalue weighted by molar-refractivity contribution is 5.87. The van der Waals surface area contributed by atoms with Crippen molar-refractivity contribution in [1.29, 1.82) is 0 Å². The van der Waals surface area contributed by atoms with Gasteiger partial charge in [0.15, 0.2) is 0 Å². The highest BCUT2D eigenvalue weighted by Crippen LogP contribution is 2.41. The smallest absolute Gasteiger partial charge is 0.333 e. The third-order valence-corrected chi connectivity index (χ3v) is 3.92. The first kappa shape index (κ1) is 14.3. The lowest BCUT2D eigenvalue weighted by molar-refractivity contribution is -0.149. The second-order valence-corrected chi connectivity index (χ2v) is 6.58. The van der Waals surface area contributed by atoms with E-state index in [1.165, 1.54) is 0 Å². The van der Waals surface area contributed by atoms with Crippen molar-refractivity contribution in [1.82, 2.24) is 0 Å². The highest BCUT2D eigenvalue weighted by Gasteiger charge is 2.35. The van der Waals surface area contributed by atoms with E-state index in [0.717, 1.165) is 25.2 Å². The summed E-state index contributed by atoms with van der Waals surface area (Å²) in [6.45, 7) is 14.4. The molecule has 0 aromatic rings. The Balaban J connectivity index is 2.54. The maximum absolute atomic E-state index is 11.5. The molecule has 0 aromatic carbocycles. The lowest BCUT2D eigenvalue weighted by Gasteiger charge is -2.40. The molecule has 1 saturated carbocycles.